The average molecular weight is 243 g/mol. The molecule has 0 heterocycles. The lowest BCUT2D eigenvalue weighted by atomic mass is 10.1. The maximum Gasteiger partial charge on any atom is 0.190 e. The van der Waals surface area contributed by atoms with E-state index in [2.05, 4.69) is 0 Å². The van der Waals surface area contributed by atoms with Crippen LogP contribution in [0.25, 0.3) is 0 Å². The van der Waals surface area contributed by atoms with Crippen molar-refractivity contribution < 1.29 is 13.5 Å². The third kappa shape index (κ3) is 4.30. The summed E-state index contributed by atoms with van der Waals surface area (Å²) in [5.74, 6) is -1.15. The Morgan fingerprint density at radius 3 is 2.29 bits per heavy atom. The van der Waals surface area contributed by atoms with E-state index in [4.69, 9.17) is 10.5 Å². The molecule has 0 aromatic heterocycles. The van der Waals surface area contributed by atoms with E-state index >= 15 is 0 Å². The molecule has 0 atom stereocenters. The Balaban J connectivity index is 2.72. The molecule has 4 heteroatoms. The lowest BCUT2D eigenvalue weighted by molar-refractivity contribution is 0.263. The highest BCUT2D eigenvalue weighted by molar-refractivity contribution is 5.31. The Labute approximate surface area is 101 Å². The Bertz CT molecular complexity index is 343. The first-order valence-electron chi connectivity index (χ1n) is 5.85. The Morgan fingerprint density at radius 1 is 1.24 bits per heavy atom. The van der Waals surface area contributed by atoms with Gasteiger partial charge < -0.3 is 10.5 Å². The smallest absolute Gasteiger partial charge is 0.190 e. The largest absolute Gasteiger partial charge is 0.488 e. The van der Waals surface area contributed by atoms with Crippen LogP contribution in [0.1, 0.15) is 25.8 Å². The molecule has 17 heavy (non-hydrogen) atoms. The van der Waals surface area contributed by atoms with E-state index in [1.54, 1.807) is 0 Å². The van der Waals surface area contributed by atoms with Crippen LogP contribution in [0.3, 0.4) is 0 Å². The summed E-state index contributed by atoms with van der Waals surface area (Å²) in [5, 5.41) is 0. The number of benzene rings is 1. The molecule has 0 saturated heterocycles. The lowest BCUT2D eigenvalue weighted by Crippen LogP contribution is -2.07. The molecule has 0 spiro atoms. The van der Waals surface area contributed by atoms with Gasteiger partial charge in [-0.25, -0.2) is 8.78 Å². The molecule has 1 aromatic rings. The lowest BCUT2D eigenvalue weighted by Gasteiger charge is -2.11. The summed E-state index contributed by atoms with van der Waals surface area (Å²) >= 11 is 0. The topological polar surface area (TPSA) is 35.2 Å². The van der Waals surface area contributed by atoms with Gasteiger partial charge in [0.05, 0.1) is 6.61 Å². The number of ether oxygens (including phenoxy) is 1. The summed E-state index contributed by atoms with van der Waals surface area (Å²) in [6, 6.07) is 2.56. The van der Waals surface area contributed by atoms with Gasteiger partial charge in [-0.2, -0.15) is 0 Å². The van der Waals surface area contributed by atoms with Crippen LogP contribution >= 0.6 is 0 Å². The van der Waals surface area contributed by atoms with Crippen LogP contribution in [0.15, 0.2) is 12.1 Å². The molecule has 0 saturated carbocycles. The van der Waals surface area contributed by atoms with Gasteiger partial charge in [0, 0.05) is 0 Å². The first kappa shape index (κ1) is 13.9. The monoisotopic (exact) mass is 243 g/mol. The molecule has 1 rings (SSSR count). The van der Waals surface area contributed by atoms with Gasteiger partial charge in [-0.05, 0) is 43.0 Å². The van der Waals surface area contributed by atoms with Gasteiger partial charge in [-0.1, -0.05) is 13.8 Å². The van der Waals surface area contributed by atoms with E-state index in [1.165, 1.54) is 12.1 Å². The summed E-state index contributed by atoms with van der Waals surface area (Å²) in [7, 11) is 0. The van der Waals surface area contributed by atoms with E-state index in [0.29, 0.717) is 31.1 Å². The molecule has 0 aliphatic rings. The van der Waals surface area contributed by atoms with E-state index in [1.807, 2.05) is 13.8 Å². The Kier molecular flexibility index (Phi) is 5.35. The number of nitrogens with two attached hydrogens (primary N) is 1. The highest BCUT2D eigenvalue weighted by Crippen LogP contribution is 2.24. The molecule has 0 fully saturated rings. The summed E-state index contributed by atoms with van der Waals surface area (Å²) in [5.41, 5.74) is 5.89. The molecule has 1 aromatic carbocycles. The van der Waals surface area contributed by atoms with Crippen LogP contribution < -0.4 is 10.5 Å². The van der Waals surface area contributed by atoms with Crippen LogP contribution in [0, 0.1) is 17.6 Å². The van der Waals surface area contributed by atoms with Crippen molar-refractivity contribution >= 4 is 0 Å². The predicted octanol–water partition coefficient (Wildman–Crippen LogP) is 2.89. The van der Waals surface area contributed by atoms with Crippen molar-refractivity contribution in [1.29, 1.82) is 0 Å². The minimum atomic E-state index is -0.655. The van der Waals surface area contributed by atoms with Crippen molar-refractivity contribution in [2.45, 2.75) is 26.7 Å². The van der Waals surface area contributed by atoms with Crippen LogP contribution in [-0.4, -0.2) is 13.2 Å². The molecule has 2 nitrogen and oxygen atoms in total. The van der Waals surface area contributed by atoms with Crippen molar-refractivity contribution in [2.24, 2.45) is 11.7 Å². The zero-order valence-corrected chi connectivity index (χ0v) is 10.3. The van der Waals surface area contributed by atoms with Gasteiger partial charge in [0.1, 0.15) is 0 Å². The van der Waals surface area contributed by atoms with Gasteiger partial charge in [0.2, 0.25) is 0 Å². The number of hydrogen-bond acceptors (Lipinski definition) is 2. The summed E-state index contributed by atoms with van der Waals surface area (Å²) in [6.07, 6.45) is 1.23. The third-order valence-corrected chi connectivity index (χ3v) is 2.43. The standard InChI is InChI=1S/C13H19F2NO/c1-9(2)4-6-17-13-11(14)7-10(3-5-16)8-12(13)15/h7-9H,3-6,16H2,1-2H3. The molecule has 0 radical (unpaired) electrons. The van der Waals surface area contributed by atoms with Crippen LogP contribution in [0.5, 0.6) is 5.75 Å². The molecule has 0 bridgehead atoms. The Morgan fingerprint density at radius 2 is 1.82 bits per heavy atom. The predicted molar refractivity (Wildman–Crippen MR) is 64.1 cm³/mol. The highest BCUT2D eigenvalue weighted by atomic mass is 19.1. The highest BCUT2D eigenvalue weighted by Gasteiger charge is 2.12. The summed E-state index contributed by atoms with van der Waals surface area (Å²) in [6.45, 7) is 4.75. The zero-order chi connectivity index (χ0) is 12.8. The van der Waals surface area contributed by atoms with Crippen LogP contribution in [0.4, 0.5) is 8.78 Å². The van der Waals surface area contributed by atoms with Gasteiger partial charge in [-0.15, -0.1) is 0 Å². The van der Waals surface area contributed by atoms with Gasteiger partial charge in [-0.3, -0.25) is 0 Å². The SMILES string of the molecule is CC(C)CCOc1c(F)cc(CCN)cc1F. The van der Waals surface area contributed by atoms with Gasteiger partial charge in [0.15, 0.2) is 17.4 Å². The minimum absolute atomic E-state index is 0.286. The van der Waals surface area contributed by atoms with E-state index < -0.39 is 11.6 Å². The van der Waals surface area contributed by atoms with E-state index in [0.717, 1.165) is 6.42 Å². The quantitative estimate of drug-likeness (QED) is 0.833. The molecular formula is C13H19F2NO. The molecule has 0 aliphatic carbocycles. The second-order valence-corrected chi connectivity index (χ2v) is 4.46. The third-order valence-electron chi connectivity index (χ3n) is 2.43. The normalized spacial score (nSPS) is 10.9. The molecule has 96 valence electrons. The van der Waals surface area contributed by atoms with Crippen molar-refractivity contribution in [2.75, 3.05) is 13.2 Å². The molecule has 0 amide bonds. The first-order valence-corrected chi connectivity index (χ1v) is 5.85. The van der Waals surface area contributed by atoms with Crippen LogP contribution in [0.2, 0.25) is 0 Å². The number of halogens is 2. The van der Waals surface area contributed by atoms with E-state index in [9.17, 15) is 8.78 Å². The summed E-state index contributed by atoms with van der Waals surface area (Å²) in [4.78, 5) is 0. The fraction of sp³-hybridized carbons (Fsp3) is 0.538. The van der Waals surface area contributed by atoms with Crippen molar-refractivity contribution in [1.82, 2.24) is 0 Å². The van der Waals surface area contributed by atoms with Crippen molar-refractivity contribution in [3.63, 3.8) is 0 Å². The molecule has 0 unspecified atom stereocenters. The van der Waals surface area contributed by atoms with Gasteiger partial charge >= 0.3 is 0 Å². The van der Waals surface area contributed by atoms with Crippen LogP contribution in [-0.2, 0) is 6.42 Å². The number of hydrogen-bond donors (Lipinski definition) is 1. The first-order chi connectivity index (χ1) is 8.04. The second-order valence-electron chi connectivity index (χ2n) is 4.46. The van der Waals surface area contributed by atoms with Crippen molar-refractivity contribution in [3.05, 3.63) is 29.3 Å². The van der Waals surface area contributed by atoms with Gasteiger partial charge in [0.25, 0.3) is 0 Å². The maximum atomic E-state index is 13.6. The molecule has 0 aliphatic heterocycles. The number of rotatable bonds is 6. The average Bonchev–Trinajstić information content (AvgIpc) is 2.22. The van der Waals surface area contributed by atoms with Crippen molar-refractivity contribution in [3.8, 4) is 5.75 Å². The zero-order valence-electron chi connectivity index (χ0n) is 10.3. The summed E-state index contributed by atoms with van der Waals surface area (Å²) < 4.78 is 32.2. The fourth-order valence-corrected chi connectivity index (χ4v) is 1.46. The fourth-order valence-electron chi connectivity index (χ4n) is 1.46. The molecule has 2 N–H and O–H groups in total. The minimum Gasteiger partial charge on any atom is -0.488 e. The molecular weight excluding hydrogens is 224 g/mol. The second kappa shape index (κ2) is 6.55. The van der Waals surface area contributed by atoms with E-state index in [-0.39, 0.29) is 5.75 Å². The maximum absolute atomic E-state index is 13.6. The Hall–Kier alpha value is -1.16.